The van der Waals surface area contributed by atoms with Crippen LogP contribution >= 0.6 is 0 Å². The molecule has 1 aromatic carbocycles. The summed E-state index contributed by atoms with van der Waals surface area (Å²) in [6.45, 7) is 4.89. The number of amides is 2. The Kier molecular flexibility index (Phi) is 8.77. The maximum atomic E-state index is 11.9. The number of rotatable bonds is 10. The van der Waals surface area contributed by atoms with Crippen LogP contribution in [0.3, 0.4) is 0 Å². The normalized spacial score (nSPS) is 11.8. The smallest absolute Gasteiger partial charge is 0.275 e. The van der Waals surface area contributed by atoms with E-state index in [4.69, 9.17) is 9.47 Å². The molecule has 1 rings (SSSR count). The Morgan fingerprint density at radius 3 is 2.40 bits per heavy atom. The maximum absolute atomic E-state index is 11.9. The number of carbonyl (C=O) groups excluding carboxylic acids is 2. The summed E-state index contributed by atoms with van der Waals surface area (Å²) in [5.41, 5.74) is 1.12. The van der Waals surface area contributed by atoms with Crippen molar-refractivity contribution >= 4 is 11.8 Å². The van der Waals surface area contributed by atoms with Crippen molar-refractivity contribution in [1.82, 2.24) is 10.6 Å². The van der Waals surface area contributed by atoms with Crippen LogP contribution in [0.1, 0.15) is 19.4 Å². The Balaban J connectivity index is 2.38. The van der Waals surface area contributed by atoms with Gasteiger partial charge >= 0.3 is 0 Å². The summed E-state index contributed by atoms with van der Waals surface area (Å²) in [6.07, 6.45) is 0.813. The monoisotopic (exact) mass is 352 g/mol. The minimum absolute atomic E-state index is 0.0139. The molecule has 7 heteroatoms. The third-order valence-corrected chi connectivity index (χ3v) is 3.65. The van der Waals surface area contributed by atoms with Gasteiger partial charge in [0.2, 0.25) is 5.91 Å². The quantitative estimate of drug-likeness (QED) is 0.525. The van der Waals surface area contributed by atoms with E-state index < -0.39 is 0 Å². The molecular weight excluding hydrogens is 322 g/mol. The summed E-state index contributed by atoms with van der Waals surface area (Å²) < 4.78 is 10.5. The van der Waals surface area contributed by atoms with Gasteiger partial charge in [-0.05, 0) is 31.5 Å². The van der Waals surface area contributed by atoms with Gasteiger partial charge in [-0.3, -0.25) is 9.59 Å². The van der Waals surface area contributed by atoms with Gasteiger partial charge in [0.25, 0.3) is 5.91 Å². The molecule has 0 radical (unpaired) electrons. The number of quaternary nitrogens is 1. The van der Waals surface area contributed by atoms with Crippen LogP contribution in [0.25, 0.3) is 0 Å². The molecule has 1 unspecified atom stereocenters. The van der Waals surface area contributed by atoms with E-state index in [9.17, 15) is 9.59 Å². The number of hydrogen-bond acceptors (Lipinski definition) is 4. The molecule has 0 fully saturated rings. The highest BCUT2D eigenvalue weighted by molar-refractivity contribution is 5.85. The van der Waals surface area contributed by atoms with Crippen molar-refractivity contribution in [2.24, 2.45) is 0 Å². The van der Waals surface area contributed by atoms with Gasteiger partial charge in [-0.1, -0.05) is 6.07 Å². The highest BCUT2D eigenvalue weighted by Crippen LogP contribution is 2.27. The zero-order chi connectivity index (χ0) is 18.8. The Bertz CT molecular complexity index is 575. The molecule has 3 N–H and O–H groups in total. The molecule has 25 heavy (non-hydrogen) atoms. The lowest BCUT2D eigenvalue weighted by molar-refractivity contribution is -0.870. The highest BCUT2D eigenvalue weighted by Gasteiger charge is 2.12. The van der Waals surface area contributed by atoms with E-state index in [1.807, 2.05) is 39.1 Å². The van der Waals surface area contributed by atoms with Crippen LogP contribution in [-0.4, -0.2) is 58.8 Å². The SMILES string of the molecule is COc1ccc(CC[NH+](C)CC(=O)NCC(=O)NC(C)C)cc1OC. The number of likely N-dealkylation sites (N-methyl/N-ethyl adjacent to an activating group) is 1. The predicted molar refractivity (Wildman–Crippen MR) is 96.2 cm³/mol. The Morgan fingerprint density at radius 2 is 1.80 bits per heavy atom. The van der Waals surface area contributed by atoms with Crippen molar-refractivity contribution in [2.75, 3.05) is 40.9 Å². The van der Waals surface area contributed by atoms with Crippen LogP contribution in [0.15, 0.2) is 18.2 Å². The lowest BCUT2D eigenvalue weighted by atomic mass is 10.1. The zero-order valence-corrected chi connectivity index (χ0v) is 15.8. The van der Waals surface area contributed by atoms with E-state index in [-0.39, 0.29) is 24.4 Å². The first-order valence-electron chi connectivity index (χ1n) is 8.44. The second-order valence-electron chi connectivity index (χ2n) is 6.32. The van der Waals surface area contributed by atoms with Gasteiger partial charge in [-0.2, -0.15) is 0 Å². The molecule has 7 nitrogen and oxygen atoms in total. The van der Waals surface area contributed by atoms with E-state index >= 15 is 0 Å². The summed E-state index contributed by atoms with van der Waals surface area (Å²) in [6, 6.07) is 5.89. The van der Waals surface area contributed by atoms with E-state index in [1.165, 1.54) is 0 Å². The fourth-order valence-corrected chi connectivity index (χ4v) is 2.37. The van der Waals surface area contributed by atoms with Crippen LogP contribution in [0.4, 0.5) is 0 Å². The lowest BCUT2D eigenvalue weighted by Gasteiger charge is -2.15. The lowest BCUT2D eigenvalue weighted by Crippen LogP contribution is -3.10. The third kappa shape index (κ3) is 7.89. The molecule has 0 aliphatic carbocycles. The highest BCUT2D eigenvalue weighted by atomic mass is 16.5. The van der Waals surface area contributed by atoms with Crippen LogP contribution in [0.5, 0.6) is 11.5 Å². The molecule has 0 aliphatic heterocycles. The Labute approximate surface area is 149 Å². The van der Waals surface area contributed by atoms with Crippen molar-refractivity contribution in [2.45, 2.75) is 26.3 Å². The number of carbonyl (C=O) groups is 2. The average molecular weight is 352 g/mol. The van der Waals surface area contributed by atoms with Crippen molar-refractivity contribution in [3.05, 3.63) is 23.8 Å². The first-order valence-corrected chi connectivity index (χ1v) is 8.44. The fourth-order valence-electron chi connectivity index (χ4n) is 2.37. The molecular formula is C18H30N3O4+. The molecule has 0 aliphatic rings. The molecule has 0 saturated heterocycles. The van der Waals surface area contributed by atoms with Gasteiger partial charge in [-0.25, -0.2) is 0 Å². The number of methoxy groups -OCH3 is 2. The molecule has 0 aromatic heterocycles. The van der Waals surface area contributed by atoms with Crippen LogP contribution in [-0.2, 0) is 16.0 Å². The number of ether oxygens (including phenoxy) is 2. The first kappa shape index (κ1) is 20.8. The average Bonchev–Trinajstić information content (AvgIpc) is 2.57. The molecule has 2 amide bonds. The van der Waals surface area contributed by atoms with E-state index in [0.29, 0.717) is 18.0 Å². The van der Waals surface area contributed by atoms with E-state index in [0.717, 1.165) is 23.4 Å². The summed E-state index contributed by atoms with van der Waals surface area (Å²) >= 11 is 0. The van der Waals surface area contributed by atoms with E-state index in [2.05, 4.69) is 10.6 Å². The first-order chi connectivity index (χ1) is 11.8. The van der Waals surface area contributed by atoms with E-state index in [1.54, 1.807) is 14.2 Å². The second-order valence-corrected chi connectivity index (χ2v) is 6.32. The standard InChI is InChI=1S/C18H29N3O4/c1-13(2)20-17(22)11-19-18(23)12-21(3)9-8-14-6-7-15(24-4)16(10-14)25-5/h6-7,10,13H,8-9,11-12H2,1-5H3,(H,19,23)(H,20,22)/p+1. The van der Waals surface area contributed by atoms with Gasteiger partial charge in [0.15, 0.2) is 18.0 Å². The maximum Gasteiger partial charge on any atom is 0.275 e. The third-order valence-electron chi connectivity index (χ3n) is 3.65. The minimum Gasteiger partial charge on any atom is -0.493 e. The largest absolute Gasteiger partial charge is 0.493 e. The van der Waals surface area contributed by atoms with Crippen LogP contribution in [0, 0.1) is 0 Å². The minimum atomic E-state index is -0.175. The topological polar surface area (TPSA) is 81.1 Å². The summed E-state index contributed by atoms with van der Waals surface area (Å²) in [5.74, 6) is 1.09. The van der Waals surface area contributed by atoms with Crippen LogP contribution in [0.2, 0.25) is 0 Å². The van der Waals surface area contributed by atoms with Gasteiger partial charge in [0.05, 0.1) is 34.4 Å². The molecule has 0 heterocycles. The van der Waals surface area contributed by atoms with Gasteiger partial charge in [0.1, 0.15) is 0 Å². The molecule has 0 spiro atoms. The second kappa shape index (κ2) is 10.6. The summed E-state index contributed by atoms with van der Waals surface area (Å²) in [5, 5.41) is 5.38. The van der Waals surface area contributed by atoms with Crippen molar-refractivity contribution in [1.29, 1.82) is 0 Å². The van der Waals surface area contributed by atoms with Gasteiger partial charge < -0.3 is 25.0 Å². The Hall–Kier alpha value is -2.28. The number of nitrogens with one attached hydrogen (secondary N) is 3. The molecule has 140 valence electrons. The van der Waals surface area contributed by atoms with Gasteiger partial charge in [0, 0.05) is 12.5 Å². The summed E-state index contributed by atoms with van der Waals surface area (Å²) in [7, 11) is 5.17. The number of benzene rings is 1. The fraction of sp³-hybridized carbons (Fsp3) is 0.556. The predicted octanol–water partition coefficient (Wildman–Crippen LogP) is -0.598. The van der Waals surface area contributed by atoms with Gasteiger partial charge in [-0.15, -0.1) is 0 Å². The van der Waals surface area contributed by atoms with Crippen molar-refractivity contribution < 1.29 is 24.0 Å². The summed E-state index contributed by atoms with van der Waals surface area (Å²) in [4.78, 5) is 24.5. The van der Waals surface area contributed by atoms with Crippen LogP contribution < -0.4 is 25.0 Å². The molecule has 1 atom stereocenters. The molecule has 1 aromatic rings. The Morgan fingerprint density at radius 1 is 1.12 bits per heavy atom. The number of hydrogen-bond donors (Lipinski definition) is 3. The molecule has 0 saturated carbocycles. The van der Waals surface area contributed by atoms with Crippen molar-refractivity contribution in [3.63, 3.8) is 0 Å². The zero-order valence-electron chi connectivity index (χ0n) is 15.8. The van der Waals surface area contributed by atoms with Crippen molar-refractivity contribution in [3.8, 4) is 11.5 Å². The molecule has 0 bridgehead atoms.